The van der Waals surface area contributed by atoms with E-state index in [1.807, 2.05) is 13.8 Å². The summed E-state index contributed by atoms with van der Waals surface area (Å²) in [5.74, 6) is -0.506. The first-order valence-corrected chi connectivity index (χ1v) is 10.2. The summed E-state index contributed by atoms with van der Waals surface area (Å²) in [6, 6.07) is 2.96. The van der Waals surface area contributed by atoms with Gasteiger partial charge >= 0.3 is 6.03 Å². The van der Waals surface area contributed by atoms with E-state index in [-0.39, 0.29) is 37.0 Å². The molecule has 1 heterocycles. The Kier molecular flexibility index (Phi) is 6.33. The van der Waals surface area contributed by atoms with Crippen LogP contribution >= 0.6 is 0 Å². The van der Waals surface area contributed by atoms with Crippen LogP contribution in [0.25, 0.3) is 0 Å². The van der Waals surface area contributed by atoms with E-state index in [0.29, 0.717) is 30.0 Å². The Morgan fingerprint density at radius 1 is 1.40 bits per heavy atom. The molecule has 9 nitrogen and oxygen atoms in total. The van der Waals surface area contributed by atoms with Gasteiger partial charge in [0.25, 0.3) is 0 Å². The van der Waals surface area contributed by atoms with Gasteiger partial charge in [0.1, 0.15) is 11.4 Å². The molecule has 1 spiro atoms. The third-order valence-corrected chi connectivity index (χ3v) is 6.00. The minimum Gasteiger partial charge on any atom is -0.494 e. The molecule has 1 saturated carbocycles. The Morgan fingerprint density at radius 3 is 2.73 bits per heavy atom. The molecule has 1 aromatic carbocycles. The number of urea groups is 1. The molecule has 2 atom stereocenters. The average Bonchev–Trinajstić information content (AvgIpc) is 2.98. The second-order valence-electron chi connectivity index (χ2n) is 8.21. The van der Waals surface area contributed by atoms with Crippen molar-refractivity contribution in [3.8, 4) is 5.75 Å². The van der Waals surface area contributed by atoms with Crippen molar-refractivity contribution in [2.45, 2.75) is 38.1 Å². The lowest BCUT2D eigenvalue weighted by Crippen LogP contribution is -2.69. The first-order chi connectivity index (χ1) is 14.3. The minimum atomic E-state index is -1.50. The van der Waals surface area contributed by atoms with E-state index >= 15 is 0 Å². The summed E-state index contributed by atoms with van der Waals surface area (Å²) in [6.45, 7) is 5.00. The summed E-state index contributed by atoms with van der Waals surface area (Å²) in [5, 5.41) is 15.1. The predicted molar refractivity (Wildman–Crippen MR) is 111 cm³/mol. The molecule has 30 heavy (non-hydrogen) atoms. The van der Waals surface area contributed by atoms with Crippen LogP contribution in [0.15, 0.2) is 12.1 Å². The Hall–Kier alpha value is -2.65. The van der Waals surface area contributed by atoms with E-state index in [1.54, 1.807) is 12.1 Å². The fourth-order valence-corrected chi connectivity index (χ4v) is 4.66. The highest BCUT2D eigenvalue weighted by molar-refractivity contribution is 6.22. The molecular weight excluding hydrogens is 388 g/mol. The van der Waals surface area contributed by atoms with Crippen molar-refractivity contribution in [3.05, 3.63) is 23.3 Å². The second kappa shape index (κ2) is 8.61. The molecule has 1 aliphatic carbocycles. The summed E-state index contributed by atoms with van der Waals surface area (Å²) in [5.41, 5.74) is 2.52. The molecule has 164 valence electrons. The molecule has 1 aliphatic heterocycles. The summed E-state index contributed by atoms with van der Waals surface area (Å²) < 4.78 is 5.54. The molecule has 2 fully saturated rings. The van der Waals surface area contributed by atoms with Crippen molar-refractivity contribution in [1.82, 2.24) is 15.5 Å². The monoisotopic (exact) mass is 418 g/mol. The van der Waals surface area contributed by atoms with Gasteiger partial charge in [-0.3, -0.25) is 20.3 Å². The lowest BCUT2D eigenvalue weighted by atomic mass is 9.84. The van der Waals surface area contributed by atoms with Crippen LogP contribution in [0.1, 0.15) is 37.3 Å². The first kappa shape index (κ1) is 22.0. The van der Waals surface area contributed by atoms with Crippen LogP contribution in [0.4, 0.5) is 10.5 Å². The van der Waals surface area contributed by atoms with Crippen LogP contribution in [0.5, 0.6) is 5.75 Å². The molecule has 3 rings (SSSR count). The molecule has 1 aromatic rings. The standard InChI is InChI=1S/C21H30N4O5/c1-12(2)9-14-13(5-6-16(24-29)18(14)30-4)15-10-17(26)21(19(15)27)11-23-7-8-25(21)20(28)22-3/h5-6,12,15,23-24,29H,7-11H2,1-4H3,(H,22,28)/t15?,21-/m1/s1. The van der Waals surface area contributed by atoms with Crippen molar-refractivity contribution in [1.29, 1.82) is 0 Å². The molecule has 2 amide bonds. The van der Waals surface area contributed by atoms with Crippen LogP contribution < -0.4 is 20.9 Å². The maximum atomic E-state index is 13.7. The summed E-state index contributed by atoms with van der Waals surface area (Å²) >= 11 is 0. The number of hydrogen-bond acceptors (Lipinski definition) is 7. The lowest BCUT2D eigenvalue weighted by Gasteiger charge is -2.42. The smallest absolute Gasteiger partial charge is 0.318 e. The Balaban J connectivity index is 2.11. The maximum absolute atomic E-state index is 13.7. The molecule has 9 heteroatoms. The van der Waals surface area contributed by atoms with Crippen LogP contribution in [-0.4, -0.2) is 67.0 Å². The van der Waals surface area contributed by atoms with Gasteiger partial charge < -0.3 is 20.3 Å². The van der Waals surface area contributed by atoms with E-state index in [9.17, 15) is 19.6 Å². The Labute approximate surface area is 176 Å². The van der Waals surface area contributed by atoms with E-state index in [2.05, 4.69) is 16.1 Å². The number of carbonyl (C=O) groups is 3. The van der Waals surface area contributed by atoms with Gasteiger partial charge in [-0.2, -0.15) is 0 Å². The number of ether oxygens (including phenoxy) is 1. The van der Waals surface area contributed by atoms with Crippen molar-refractivity contribution >= 4 is 23.3 Å². The van der Waals surface area contributed by atoms with E-state index in [4.69, 9.17) is 4.74 Å². The molecule has 0 radical (unpaired) electrons. The zero-order valence-corrected chi connectivity index (χ0v) is 17.9. The lowest BCUT2D eigenvalue weighted by molar-refractivity contribution is -0.137. The zero-order valence-electron chi connectivity index (χ0n) is 17.9. The van der Waals surface area contributed by atoms with Gasteiger partial charge in [-0.15, -0.1) is 0 Å². The number of anilines is 1. The van der Waals surface area contributed by atoms with E-state index < -0.39 is 17.5 Å². The maximum Gasteiger partial charge on any atom is 0.318 e. The summed E-state index contributed by atoms with van der Waals surface area (Å²) in [4.78, 5) is 40.8. The summed E-state index contributed by atoms with van der Waals surface area (Å²) in [7, 11) is 3.00. The number of ketones is 2. The topological polar surface area (TPSA) is 120 Å². The van der Waals surface area contributed by atoms with Gasteiger partial charge in [-0.05, 0) is 24.0 Å². The molecule has 0 bridgehead atoms. The number of Topliss-reactive ketones (excluding diaryl/α,β-unsaturated/α-hetero) is 2. The number of amides is 2. The molecule has 0 aromatic heterocycles. The number of nitrogens with one attached hydrogen (secondary N) is 3. The van der Waals surface area contributed by atoms with Crippen molar-refractivity contribution in [3.63, 3.8) is 0 Å². The van der Waals surface area contributed by atoms with Crippen molar-refractivity contribution in [2.75, 3.05) is 39.3 Å². The normalized spacial score (nSPS) is 23.9. The second-order valence-corrected chi connectivity index (χ2v) is 8.21. The number of benzene rings is 1. The third kappa shape index (κ3) is 3.41. The molecular formula is C21H30N4O5. The molecule has 1 unspecified atom stereocenters. The Morgan fingerprint density at radius 2 is 2.13 bits per heavy atom. The number of methoxy groups -OCH3 is 1. The van der Waals surface area contributed by atoms with Crippen LogP contribution in [0.2, 0.25) is 0 Å². The number of piperazine rings is 1. The quantitative estimate of drug-likeness (QED) is 0.420. The number of nitrogens with zero attached hydrogens (tertiary/aromatic N) is 1. The highest BCUT2D eigenvalue weighted by Crippen LogP contribution is 2.44. The largest absolute Gasteiger partial charge is 0.494 e. The van der Waals surface area contributed by atoms with Gasteiger partial charge in [0.05, 0.1) is 13.0 Å². The van der Waals surface area contributed by atoms with Gasteiger partial charge in [0, 0.05) is 38.7 Å². The van der Waals surface area contributed by atoms with Gasteiger partial charge in [-0.1, -0.05) is 19.9 Å². The predicted octanol–water partition coefficient (Wildman–Crippen LogP) is 1.30. The number of hydrogen-bond donors (Lipinski definition) is 4. The Bertz CT molecular complexity index is 856. The van der Waals surface area contributed by atoms with Crippen molar-refractivity contribution < 1.29 is 24.3 Å². The van der Waals surface area contributed by atoms with E-state index in [0.717, 1.165) is 5.56 Å². The van der Waals surface area contributed by atoms with Gasteiger partial charge in [0.15, 0.2) is 17.1 Å². The fourth-order valence-electron chi connectivity index (χ4n) is 4.66. The van der Waals surface area contributed by atoms with E-state index in [1.165, 1.54) is 19.1 Å². The van der Waals surface area contributed by atoms with Gasteiger partial charge in [0.2, 0.25) is 0 Å². The van der Waals surface area contributed by atoms with Crippen molar-refractivity contribution in [2.24, 2.45) is 5.92 Å². The summed E-state index contributed by atoms with van der Waals surface area (Å²) in [6.07, 6.45) is 0.630. The van der Waals surface area contributed by atoms with Crippen LogP contribution in [0.3, 0.4) is 0 Å². The number of rotatable bonds is 5. The average molecular weight is 418 g/mol. The highest BCUT2D eigenvalue weighted by Gasteiger charge is 2.60. The highest BCUT2D eigenvalue weighted by atomic mass is 16.5. The third-order valence-electron chi connectivity index (χ3n) is 6.00. The first-order valence-electron chi connectivity index (χ1n) is 10.2. The minimum absolute atomic E-state index is 0.0220. The fraction of sp³-hybridized carbons (Fsp3) is 0.571. The molecule has 2 aliphatic rings. The zero-order chi connectivity index (χ0) is 22.1. The number of carbonyl (C=O) groups excluding carboxylic acids is 3. The molecule has 4 N–H and O–H groups in total. The van der Waals surface area contributed by atoms with Crippen LogP contribution in [0, 0.1) is 5.92 Å². The molecule has 1 saturated heterocycles. The SMILES string of the molecule is CNC(=O)N1CCNC[C@]12C(=O)CC(c1ccc(NO)c(OC)c1CC(C)C)C2=O. The van der Waals surface area contributed by atoms with Gasteiger partial charge in [-0.25, -0.2) is 4.79 Å². The van der Waals surface area contributed by atoms with Crippen LogP contribution in [-0.2, 0) is 16.0 Å².